The Morgan fingerprint density at radius 3 is 3.05 bits per heavy atom. The molecular formula is C15H19N3O. The fourth-order valence-electron chi connectivity index (χ4n) is 3.05. The summed E-state index contributed by atoms with van der Waals surface area (Å²) in [5, 5.41) is 11.0. The van der Waals surface area contributed by atoms with E-state index in [2.05, 4.69) is 16.5 Å². The van der Waals surface area contributed by atoms with Gasteiger partial charge in [-0.15, -0.1) is 0 Å². The number of imidazole rings is 1. The highest BCUT2D eigenvalue weighted by Crippen LogP contribution is 2.43. The summed E-state index contributed by atoms with van der Waals surface area (Å²) in [6.07, 6.45) is 4.80. The fraction of sp³-hybridized carbons (Fsp3) is 0.400. The van der Waals surface area contributed by atoms with Gasteiger partial charge in [-0.25, -0.2) is 4.98 Å². The maximum atomic E-state index is 11.0. The van der Waals surface area contributed by atoms with Crippen molar-refractivity contribution in [3.05, 3.63) is 53.6 Å². The van der Waals surface area contributed by atoms with E-state index in [1.807, 2.05) is 30.5 Å². The molecule has 0 aliphatic heterocycles. The molecule has 1 aromatic heterocycles. The monoisotopic (exact) mass is 257 g/mol. The van der Waals surface area contributed by atoms with Gasteiger partial charge in [0.25, 0.3) is 0 Å². The fourth-order valence-corrected chi connectivity index (χ4v) is 3.05. The lowest BCUT2D eigenvalue weighted by atomic mass is 9.92. The summed E-state index contributed by atoms with van der Waals surface area (Å²) in [5.74, 6) is 0.911. The van der Waals surface area contributed by atoms with Gasteiger partial charge in [0.05, 0.1) is 5.60 Å². The van der Waals surface area contributed by atoms with E-state index in [9.17, 15) is 5.11 Å². The number of rotatable bonds is 3. The summed E-state index contributed by atoms with van der Waals surface area (Å²) in [6, 6.07) is 7.81. The number of hydrogen-bond acceptors (Lipinski definition) is 3. The lowest BCUT2D eigenvalue weighted by Crippen LogP contribution is -2.28. The topological polar surface area (TPSA) is 64.1 Å². The van der Waals surface area contributed by atoms with Gasteiger partial charge in [-0.2, -0.15) is 0 Å². The molecule has 0 radical (unpaired) electrons. The van der Waals surface area contributed by atoms with Crippen LogP contribution in [0.2, 0.25) is 0 Å². The zero-order chi connectivity index (χ0) is 13.5. The third-order valence-corrected chi connectivity index (χ3v) is 4.01. The predicted molar refractivity (Wildman–Crippen MR) is 73.5 cm³/mol. The van der Waals surface area contributed by atoms with Crippen LogP contribution in [-0.4, -0.2) is 14.7 Å². The number of benzene rings is 1. The van der Waals surface area contributed by atoms with E-state index in [1.165, 1.54) is 0 Å². The summed E-state index contributed by atoms with van der Waals surface area (Å²) < 4.78 is 2.06. The van der Waals surface area contributed by atoms with Crippen LogP contribution in [0.4, 0.5) is 0 Å². The third kappa shape index (κ3) is 1.97. The standard InChI is InChI=1S/C15H19N3O/c1-2-18-8-7-17-14(18)10-15(19)9-13(16)11-5-3-4-6-12(11)15/h3-8,13,19H,2,9-10,16H2,1H3. The molecule has 0 bridgehead atoms. The molecule has 4 heteroatoms. The highest BCUT2D eigenvalue weighted by atomic mass is 16.3. The van der Waals surface area contributed by atoms with Crippen LogP contribution in [0.1, 0.15) is 36.3 Å². The number of nitrogens with two attached hydrogens (primary N) is 1. The van der Waals surface area contributed by atoms with Crippen LogP contribution in [0, 0.1) is 0 Å². The van der Waals surface area contributed by atoms with Gasteiger partial charge in [-0.05, 0) is 18.1 Å². The van der Waals surface area contributed by atoms with Crippen LogP contribution in [0.3, 0.4) is 0 Å². The van der Waals surface area contributed by atoms with Crippen LogP contribution in [0.15, 0.2) is 36.7 Å². The first-order valence-corrected chi connectivity index (χ1v) is 6.71. The summed E-state index contributed by atoms with van der Waals surface area (Å²) in [7, 11) is 0. The zero-order valence-electron chi connectivity index (χ0n) is 11.1. The number of hydrogen-bond donors (Lipinski definition) is 2. The van der Waals surface area contributed by atoms with Crippen molar-refractivity contribution in [2.45, 2.75) is 38.0 Å². The molecule has 0 spiro atoms. The first kappa shape index (κ1) is 12.4. The van der Waals surface area contributed by atoms with Crippen molar-refractivity contribution in [1.82, 2.24) is 9.55 Å². The van der Waals surface area contributed by atoms with Gasteiger partial charge in [0, 0.05) is 37.8 Å². The zero-order valence-corrected chi connectivity index (χ0v) is 11.1. The Morgan fingerprint density at radius 2 is 2.26 bits per heavy atom. The van der Waals surface area contributed by atoms with Gasteiger partial charge < -0.3 is 15.4 Å². The van der Waals surface area contributed by atoms with Gasteiger partial charge in [-0.3, -0.25) is 0 Å². The minimum absolute atomic E-state index is 0.0914. The average Bonchev–Trinajstić information content (AvgIpc) is 2.94. The van der Waals surface area contributed by atoms with Crippen LogP contribution in [-0.2, 0) is 18.6 Å². The van der Waals surface area contributed by atoms with Gasteiger partial charge >= 0.3 is 0 Å². The van der Waals surface area contributed by atoms with Crippen LogP contribution >= 0.6 is 0 Å². The van der Waals surface area contributed by atoms with E-state index < -0.39 is 5.60 Å². The second kappa shape index (κ2) is 4.47. The van der Waals surface area contributed by atoms with Crippen molar-refractivity contribution in [1.29, 1.82) is 0 Å². The molecule has 1 aliphatic rings. The second-order valence-electron chi connectivity index (χ2n) is 5.24. The van der Waals surface area contributed by atoms with Crippen molar-refractivity contribution in [3.8, 4) is 0 Å². The van der Waals surface area contributed by atoms with Crippen molar-refractivity contribution < 1.29 is 5.11 Å². The Kier molecular flexibility index (Phi) is 2.92. The highest BCUT2D eigenvalue weighted by Gasteiger charge is 2.41. The quantitative estimate of drug-likeness (QED) is 0.880. The van der Waals surface area contributed by atoms with Crippen molar-refractivity contribution in [3.63, 3.8) is 0 Å². The molecule has 19 heavy (non-hydrogen) atoms. The van der Waals surface area contributed by atoms with Gasteiger partial charge in [0.15, 0.2) is 0 Å². The van der Waals surface area contributed by atoms with Gasteiger partial charge in [0.1, 0.15) is 5.82 Å². The number of aryl methyl sites for hydroxylation is 1. The lowest BCUT2D eigenvalue weighted by Gasteiger charge is -2.24. The molecule has 3 rings (SSSR count). The molecule has 0 saturated carbocycles. The molecule has 2 unspecified atom stereocenters. The molecule has 0 saturated heterocycles. The molecule has 100 valence electrons. The van der Waals surface area contributed by atoms with Gasteiger partial charge in [-0.1, -0.05) is 24.3 Å². The predicted octanol–water partition coefficient (Wildman–Crippen LogP) is 1.74. The maximum absolute atomic E-state index is 11.0. The molecule has 2 atom stereocenters. The normalized spacial score (nSPS) is 25.5. The lowest BCUT2D eigenvalue weighted by molar-refractivity contribution is 0.0314. The first-order valence-electron chi connectivity index (χ1n) is 6.71. The smallest absolute Gasteiger partial charge is 0.111 e. The largest absolute Gasteiger partial charge is 0.385 e. The second-order valence-corrected chi connectivity index (χ2v) is 5.24. The van der Waals surface area contributed by atoms with E-state index in [4.69, 9.17) is 5.73 Å². The van der Waals surface area contributed by atoms with E-state index in [0.717, 1.165) is 23.5 Å². The van der Waals surface area contributed by atoms with Gasteiger partial charge in [0.2, 0.25) is 0 Å². The van der Waals surface area contributed by atoms with Crippen molar-refractivity contribution >= 4 is 0 Å². The number of nitrogens with zero attached hydrogens (tertiary/aromatic N) is 2. The van der Waals surface area contributed by atoms with E-state index >= 15 is 0 Å². The molecule has 0 amide bonds. The Labute approximate surface area is 112 Å². The molecule has 3 N–H and O–H groups in total. The third-order valence-electron chi connectivity index (χ3n) is 4.01. The van der Waals surface area contributed by atoms with E-state index in [1.54, 1.807) is 6.20 Å². The number of aliphatic hydroxyl groups is 1. The minimum Gasteiger partial charge on any atom is -0.385 e. The maximum Gasteiger partial charge on any atom is 0.111 e. The molecular weight excluding hydrogens is 238 g/mol. The Balaban J connectivity index is 1.97. The summed E-state index contributed by atoms with van der Waals surface area (Å²) in [6.45, 7) is 2.93. The van der Waals surface area contributed by atoms with E-state index in [-0.39, 0.29) is 6.04 Å². The average molecular weight is 257 g/mol. The first-order chi connectivity index (χ1) is 9.14. The summed E-state index contributed by atoms with van der Waals surface area (Å²) >= 11 is 0. The Morgan fingerprint density at radius 1 is 1.47 bits per heavy atom. The Bertz CT molecular complexity index is 593. The molecule has 1 aliphatic carbocycles. The number of fused-ring (bicyclic) bond motifs is 1. The molecule has 1 aromatic carbocycles. The summed E-state index contributed by atoms with van der Waals surface area (Å²) in [4.78, 5) is 4.36. The molecule has 0 fully saturated rings. The SMILES string of the molecule is CCn1ccnc1CC1(O)CC(N)c2ccccc21. The molecule has 1 heterocycles. The molecule has 2 aromatic rings. The highest BCUT2D eigenvalue weighted by molar-refractivity contribution is 5.40. The van der Waals surface area contributed by atoms with E-state index in [0.29, 0.717) is 12.8 Å². The Hall–Kier alpha value is -1.65. The van der Waals surface area contributed by atoms with Crippen LogP contribution in [0.25, 0.3) is 0 Å². The summed E-state index contributed by atoms with van der Waals surface area (Å²) in [5.41, 5.74) is 7.25. The minimum atomic E-state index is -0.895. The van der Waals surface area contributed by atoms with Crippen molar-refractivity contribution in [2.75, 3.05) is 0 Å². The van der Waals surface area contributed by atoms with Crippen LogP contribution in [0.5, 0.6) is 0 Å². The molecule has 4 nitrogen and oxygen atoms in total. The number of aromatic nitrogens is 2. The van der Waals surface area contributed by atoms with Crippen LogP contribution < -0.4 is 5.73 Å². The van der Waals surface area contributed by atoms with Crippen molar-refractivity contribution in [2.24, 2.45) is 5.73 Å².